The van der Waals surface area contributed by atoms with Crippen molar-refractivity contribution in [1.29, 1.82) is 0 Å². The van der Waals surface area contributed by atoms with Crippen LogP contribution in [-0.2, 0) is 0 Å². The fraction of sp³-hybridized carbons (Fsp3) is 0.158. The Morgan fingerprint density at radius 2 is 1.90 bits per heavy atom. The van der Waals surface area contributed by atoms with Gasteiger partial charge in [0.2, 0.25) is 0 Å². The molecule has 106 valence electrons. The maximum absolute atomic E-state index is 12.5. The monoisotopic (exact) mass is 277 g/mol. The number of hydrogen-bond acceptors (Lipinski definition) is 2. The lowest BCUT2D eigenvalue weighted by Gasteiger charge is -2.08. The standard InChI is InChI=1S/C19H19NO/c1-5-9-16-14(4)20-18(15-10-7-6-8-11-15)12-17(16)19(21)13(2)3/h5-13H,1,4H2,2-3H3/b16-9+. The summed E-state index contributed by atoms with van der Waals surface area (Å²) in [4.78, 5) is 17.0. The summed E-state index contributed by atoms with van der Waals surface area (Å²) in [6.45, 7) is 11.5. The van der Waals surface area contributed by atoms with Crippen molar-refractivity contribution in [3.05, 3.63) is 65.2 Å². The molecule has 0 saturated carbocycles. The summed E-state index contributed by atoms with van der Waals surface area (Å²) in [5.41, 5.74) is 2.40. The smallest absolute Gasteiger partial charge is 0.166 e. The third kappa shape index (κ3) is 3.16. The highest BCUT2D eigenvalue weighted by Gasteiger charge is 2.14. The van der Waals surface area contributed by atoms with Crippen molar-refractivity contribution < 1.29 is 4.79 Å². The first-order chi connectivity index (χ1) is 10.0. The van der Waals surface area contributed by atoms with Gasteiger partial charge in [0.05, 0.1) is 11.0 Å². The molecule has 0 aliphatic carbocycles. The number of carbonyl (C=O) groups excluding carboxylic acids is 1. The second-order valence-corrected chi connectivity index (χ2v) is 5.20. The Labute approximate surface area is 125 Å². The van der Waals surface area contributed by atoms with E-state index in [1.807, 2.05) is 50.2 Å². The Morgan fingerprint density at radius 1 is 1.24 bits per heavy atom. The number of allylic oxidation sites excluding steroid dienone is 1. The topological polar surface area (TPSA) is 30.0 Å². The molecule has 0 amide bonds. The summed E-state index contributed by atoms with van der Waals surface area (Å²) >= 11 is 0. The number of ketones is 1. The molecule has 0 radical (unpaired) electrons. The Bertz CT molecular complexity index is 773. The molecule has 0 N–H and O–H groups in total. The van der Waals surface area contributed by atoms with E-state index in [1.54, 1.807) is 12.2 Å². The first kappa shape index (κ1) is 14.9. The molecule has 0 unspecified atom stereocenters. The van der Waals surface area contributed by atoms with Crippen molar-refractivity contribution in [2.75, 3.05) is 0 Å². The average molecular weight is 277 g/mol. The molecule has 21 heavy (non-hydrogen) atoms. The van der Waals surface area contributed by atoms with Gasteiger partial charge in [0.25, 0.3) is 0 Å². The molecule has 0 aliphatic rings. The molecular formula is C19H19NO. The zero-order valence-electron chi connectivity index (χ0n) is 12.5. The van der Waals surface area contributed by atoms with Crippen LogP contribution in [0.1, 0.15) is 24.2 Å². The Morgan fingerprint density at radius 3 is 2.48 bits per heavy atom. The Kier molecular flexibility index (Phi) is 4.49. The Hall–Kier alpha value is -2.48. The van der Waals surface area contributed by atoms with Gasteiger partial charge in [0.1, 0.15) is 0 Å². The minimum Gasteiger partial charge on any atom is -0.294 e. The Balaban J connectivity index is 2.75. The van der Waals surface area contributed by atoms with Gasteiger partial charge in [-0.15, -0.1) is 0 Å². The number of aromatic nitrogens is 1. The lowest BCUT2D eigenvalue weighted by molar-refractivity contribution is 0.0938. The molecule has 1 heterocycles. The van der Waals surface area contributed by atoms with Gasteiger partial charge in [-0.3, -0.25) is 4.79 Å². The number of benzene rings is 1. The van der Waals surface area contributed by atoms with E-state index in [0.717, 1.165) is 16.5 Å². The minimum absolute atomic E-state index is 0.0765. The highest BCUT2D eigenvalue weighted by molar-refractivity contribution is 5.98. The van der Waals surface area contributed by atoms with Crippen molar-refractivity contribution in [2.24, 2.45) is 5.92 Å². The summed E-state index contributed by atoms with van der Waals surface area (Å²) in [6.07, 6.45) is 3.45. The molecule has 0 spiro atoms. The molecule has 0 aliphatic heterocycles. The zero-order chi connectivity index (χ0) is 15.4. The normalized spacial score (nSPS) is 11.7. The molecule has 0 fully saturated rings. The van der Waals surface area contributed by atoms with Crippen molar-refractivity contribution in [2.45, 2.75) is 13.8 Å². The average Bonchev–Trinajstić information content (AvgIpc) is 2.49. The van der Waals surface area contributed by atoms with Crippen LogP contribution >= 0.6 is 0 Å². The number of rotatable bonds is 4. The van der Waals surface area contributed by atoms with Crippen molar-refractivity contribution >= 4 is 18.4 Å². The molecule has 2 aromatic rings. The van der Waals surface area contributed by atoms with E-state index in [1.165, 1.54) is 0 Å². The van der Waals surface area contributed by atoms with Crippen LogP contribution in [0.15, 0.2) is 49.1 Å². The van der Waals surface area contributed by atoms with E-state index in [2.05, 4.69) is 18.1 Å². The first-order valence-electron chi connectivity index (χ1n) is 6.97. The fourth-order valence-corrected chi connectivity index (χ4v) is 2.18. The molecule has 0 saturated heterocycles. The second kappa shape index (κ2) is 6.31. The SMILES string of the molecule is C=C/C=c1/c(C(=O)C(C)C)cc(-c2ccccc2)nc1=C. The number of hydrogen-bond donors (Lipinski definition) is 0. The van der Waals surface area contributed by atoms with Gasteiger partial charge in [0.15, 0.2) is 5.78 Å². The molecular weight excluding hydrogens is 258 g/mol. The molecule has 1 aromatic carbocycles. The summed E-state index contributed by atoms with van der Waals surface area (Å²) < 4.78 is 0. The van der Waals surface area contributed by atoms with E-state index >= 15 is 0 Å². The number of carbonyl (C=O) groups is 1. The quantitative estimate of drug-likeness (QED) is 0.804. The highest BCUT2D eigenvalue weighted by atomic mass is 16.1. The summed E-state index contributed by atoms with van der Waals surface area (Å²) in [7, 11) is 0. The van der Waals surface area contributed by atoms with Gasteiger partial charge in [0, 0.05) is 22.3 Å². The number of pyridine rings is 1. The van der Waals surface area contributed by atoms with Crippen LogP contribution < -0.4 is 10.6 Å². The molecule has 2 nitrogen and oxygen atoms in total. The van der Waals surface area contributed by atoms with Gasteiger partial charge in [-0.05, 0) is 6.07 Å². The third-order valence-corrected chi connectivity index (χ3v) is 3.28. The zero-order valence-corrected chi connectivity index (χ0v) is 12.5. The van der Waals surface area contributed by atoms with E-state index in [4.69, 9.17) is 0 Å². The van der Waals surface area contributed by atoms with E-state index in [0.29, 0.717) is 10.9 Å². The summed E-state index contributed by atoms with van der Waals surface area (Å²) in [5, 5.41) is 1.35. The maximum Gasteiger partial charge on any atom is 0.166 e. The predicted octanol–water partition coefficient (Wildman–Crippen LogP) is 2.96. The minimum atomic E-state index is -0.0765. The van der Waals surface area contributed by atoms with E-state index < -0.39 is 0 Å². The first-order valence-corrected chi connectivity index (χ1v) is 6.97. The third-order valence-electron chi connectivity index (χ3n) is 3.28. The molecule has 0 atom stereocenters. The van der Waals surface area contributed by atoms with Gasteiger partial charge in [-0.1, -0.05) is 69.5 Å². The van der Waals surface area contributed by atoms with Crippen molar-refractivity contribution in [3.63, 3.8) is 0 Å². The van der Waals surface area contributed by atoms with Crippen LogP contribution in [0.2, 0.25) is 0 Å². The van der Waals surface area contributed by atoms with Crippen LogP contribution in [-0.4, -0.2) is 10.8 Å². The molecule has 0 bridgehead atoms. The maximum atomic E-state index is 12.5. The van der Waals surface area contributed by atoms with Crippen molar-refractivity contribution in [1.82, 2.24) is 4.98 Å². The van der Waals surface area contributed by atoms with Crippen LogP contribution in [0.5, 0.6) is 0 Å². The number of nitrogens with zero attached hydrogens (tertiary/aromatic N) is 1. The summed E-state index contributed by atoms with van der Waals surface area (Å²) in [5.74, 6) is 0.0139. The van der Waals surface area contributed by atoms with Crippen LogP contribution in [0, 0.1) is 5.92 Å². The molecule has 2 rings (SSSR count). The van der Waals surface area contributed by atoms with Gasteiger partial charge >= 0.3 is 0 Å². The second-order valence-electron chi connectivity index (χ2n) is 5.20. The van der Waals surface area contributed by atoms with Gasteiger partial charge in [-0.2, -0.15) is 0 Å². The molecule has 1 aromatic heterocycles. The predicted molar refractivity (Wildman–Crippen MR) is 88.3 cm³/mol. The van der Waals surface area contributed by atoms with Gasteiger partial charge in [-0.25, -0.2) is 4.98 Å². The lowest BCUT2D eigenvalue weighted by Crippen LogP contribution is -2.34. The fourth-order valence-electron chi connectivity index (χ4n) is 2.18. The van der Waals surface area contributed by atoms with Crippen LogP contribution in [0.25, 0.3) is 23.9 Å². The van der Waals surface area contributed by atoms with Crippen LogP contribution in [0.4, 0.5) is 0 Å². The highest BCUT2D eigenvalue weighted by Crippen LogP contribution is 2.16. The van der Waals surface area contributed by atoms with Crippen molar-refractivity contribution in [3.8, 4) is 11.3 Å². The molecule has 2 heteroatoms. The van der Waals surface area contributed by atoms with E-state index in [-0.39, 0.29) is 11.7 Å². The lowest BCUT2D eigenvalue weighted by atomic mass is 9.97. The summed E-state index contributed by atoms with van der Waals surface area (Å²) in [6, 6.07) is 11.7. The van der Waals surface area contributed by atoms with Gasteiger partial charge < -0.3 is 0 Å². The number of Topliss-reactive ketones (excluding diaryl/α,β-unsaturated/α-hetero) is 1. The largest absolute Gasteiger partial charge is 0.294 e. The van der Waals surface area contributed by atoms with E-state index in [9.17, 15) is 4.79 Å². The van der Waals surface area contributed by atoms with Crippen LogP contribution in [0.3, 0.4) is 0 Å².